The number of fused-ring (bicyclic) bond motifs is 1. The minimum absolute atomic E-state index is 0.0753. The van der Waals surface area contributed by atoms with Crippen molar-refractivity contribution in [1.82, 2.24) is 19.5 Å². The minimum Gasteiger partial charge on any atom is -0.456 e. The number of amides is 1. The molecular weight excluding hydrogens is 776 g/mol. The van der Waals surface area contributed by atoms with Crippen LogP contribution in [0.5, 0.6) is 11.5 Å². The van der Waals surface area contributed by atoms with E-state index in [1.54, 1.807) is 12.1 Å². The van der Waals surface area contributed by atoms with Gasteiger partial charge in [0.2, 0.25) is 0 Å². The van der Waals surface area contributed by atoms with Crippen LogP contribution in [0.2, 0.25) is 5.02 Å². The van der Waals surface area contributed by atoms with E-state index in [9.17, 15) is 13.2 Å². The first kappa shape index (κ1) is 40.9. The summed E-state index contributed by atoms with van der Waals surface area (Å²) in [5.74, 6) is 0.0713. The largest absolute Gasteiger partial charge is 0.456 e. The molecule has 1 aliphatic carbocycles. The average molecular weight is 830 g/mol. The second-order valence-corrected chi connectivity index (χ2v) is 19.7. The first-order valence-electron chi connectivity index (χ1n) is 19.6. The normalized spacial score (nSPS) is 16.4. The molecule has 1 fully saturated rings. The Kier molecular flexibility index (Phi) is 12.4. The lowest BCUT2D eigenvalue weighted by atomic mass is 9.72. The first-order valence-corrected chi connectivity index (χ1v) is 22.3. The number of ether oxygens (including phenoxy) is 1. The van der Waals surface area contributed by atoms with Crippen LogP contribution in [0, 0.1) is 12.3 Å². The average Bonchev–Trinajstić information content (AvgIpc) is 3.80. The Labute approximate surface area is 345 Å². The maximum absolute atomic E-state index is 13.9. The summed E-state index contributed by atoms with van der Waals surface area (Å²) < 4.78 is 36.0. The Balaban J connectivity index is 1.08. The van der Waals surface area contributed by atoms with Crippen molar-refractivity contribution in [1.29, 1.82) is 0 Å². The highest BCUT2D eigenvalue weighted by Gasteiger charge is 2.30. The van der Waals surface area contributed by atoms with E-state index >= 15 is 0 Å². The molecule has 1 saturated heterocycles. The number of carbonyl (C=O) groups excluding carboxylic acids is 1. The Morgan fingerprint density at radius 1 is 1.00 bits per heavy atom. The molecule has 57 heavy (non-hydrogen) atoms. The molecule has 302 valence electrons. The summed E-state index contributed by atoms with van der Waals surface area (Å²) in [6.45, 7) is 12.5. The van der Waals surface area contributed by atoms with Crippen LogP contribution < -0.4 is 19.7 Å². The summed E-state index contributed by atoms with van der Waals surface area (Å²) in [7, 11) is -0.120. The minimum atomic E-state index is -4.16. The molecule has 3 heterocycles. The molecule has 0 saturated carbocycles. The van der Waals surface area contributed by atoms with Gasteiger partial charge in [-0.25, -0.2) is 13.1 Å². The molecule has 0 unspecified atom stereocenters. The molecule has 2 aromatic heterocycles. The van der Waals surface area contributed by atoms with Crippen molar-refractivity contribution >= 4 is 66.0 Å². The van der Waals surface area contributed by atoms with Crippen LogP contribution in [0.1, 0.15) is 61.0 Å². The van der Waals surface area contributed by atoms with Gasteiger partial charge in [0, 0.05) is 73.1 Å². The summed E-state index contributed by atoms with van der Waals surface area (Å²) in [5.41, 5.74) is 7.29. The molecule has 1 aliphatic heterocycles. The fraction of sp³-hybridized carbons (Fsp3) is 0.386. The summed E-state index contributed by atoms with van der Waals surface area (Å²) in [6.07, 6.45) is 6.08. The third kappa shape index (κ3) is 10.0. The third-order valence-electron chi connectivity index (χ3n) is 10.9. The molecule has 10 nitrogen and oxygen atoms in total. The van der Waals surface area contributed by atoms with Crippen LogP contribution in [0.25, 0.3) is 16.5 Å². The number of allylic oxidation sites excluding steroid dienone is 1. The predicted octanol–water partition coefficient (Wildman–Crippen LogP) is 9.25. The van der Waals surface area contributed by atoms with Crippen LogP contribution in [-0.4, -0.2) is 89.0 Å². The van der Waals surface area contributed by atoms with Crippen molar-refractivity contribution in [2.75, 3.05) is 70.1 Å². The molecule has 0 bridgehead atoms. The van der Waals surface area contributed by atoms with Crippen LogP contribution in [0.3, 0.4) is 0 Å². The molecule has 7 rings (SSSR count). The number of H-pyrrole nitrogens is 1. The standard InChI is InChI=1S/C44H53ClN6O4S2/c1-30-25-41(56-43(30)47-18-6-20-49(4)5)57(53,54)48-42(52)37-13-11-35(27-40(37)55-36-12-14-39-32(26-36)16-19-46-39)51-23-21-50(22-24-51)29-33-15-17-44(2,3)28-38(33)31-7-9-34(45)10-8-31/h7-14,16,19,25-27,46-47H,6,15,17-18,20-24,28-29H2,1-5H3,(H,48,52). The number of thiophene rings is 1. The van der Waals surface area contributed by atoms with Gasteiger partial charge in [-0.2, -0.15) is 0 Å². The number of nitrogens with zero attached hydrogens (tertiary/aromatic N) is 3. The van der Waals surface area contributed by atoms with Gasteiger partial charge in [0.25, 0.3) is 15.9 Å². The van der Waals surface area contributed by atoms with Gasteiger partial charge in [0.05, 0.1) is 10.6 Å². The van der Waals surface area contributed by atoms with Crippen LogP contribution in [-0.2, 0) is 10.0 Å². The van der Waals surface area contributed by atoms with Gasteiger partial charge in [0.15, 0.2) is 0 Å². The zero-order valence-corrected chi connectivity index (χ0v) is 35.8. The van der Waals surface area contributed by atoms with Gasteiger partial charge in [-0.1, -0.05) is 43.2 Å². The maximum atomic E-state index is 13.9. The highest BCUT2D eigenvalue weighted by Crippen LogP contribution is 2.43. The number of aryl methyl sites for hydroxylation is 1. The van der Waals surface area contributed by atoms with E-state index in [0.717, 1.165) is 102 Å². The summed E-state index contributed by atoms with van der Waals surface area (Å²) in [4.78, 5) is 24.0. The molecule has 3 N–H and O–H groups in total. The second-order valence-electron chi connectivity index (χ2n) is 16.3. The quantitative estimate of drug-likeness (QED) is 0.0952. The second kappa shape index (κ2) is 17.3. The Hall–Kier alpha value is -4.33. The van der Waals surface area contributed by atoms with Gasteiger partial charge >= 0.3 is 0 Å². The lowest BCUT2D eigenvalue weighted by molar-refractivity contribution is 0.0979. The van der Waals surface area contributed by atoms with Gasteiger partial charge < -0.3 is 24.8 Å². The Morgan fingerprint density at radius 2 is 1.77 bits per heavy atom. The van der Waals surface area contributed by atoms with E-state index in [0.29, 0.717) is 12.3 Å². The number of piperazine rings is 1. The van der Waals surface area contributed by atoms with Gasteiger partial charge in [-0.3, -0.25) is 9.69 Å². The number of carbonyl (C=O) groups is 1. The smallest absolute Gasteiger partial charge is 0.273 e. The summed E-state index contributed by atoms with van der Waals surface area (Å²) >= 11 is 7.37. The molecule has 1 amide bonds. The summed E-state index contributed by atoms with van der Waals surface area (Å²) in [5, 5.41) is 5.83. The zero-order chi connectivity index (χ0) is 40.3. The molecular formula is C44H53ClN6O4S2. The van der Waals surface area contributed by atoms with E-state index in [1.807, 2.05) is 75.7 Å². The molecule has 2 aliphatic rings. The van der Waals surface area contributed by atoms with E-state index in [4.69, 9.17) is 16.3 Å². The lowest BCUT2D eigenvalue weighted by Crippen LogP contribution is -2.47. The number of sulfonamides is 1. The van der Waals surface area contributed by atoms with Crippen molar-refractivity contribution in [2.24, 2.45) is 5.41 Å². The van der Waals surface area contributed by atoms with Crippen molar-refractivity contribution in [3.63, 3.8) is 0 Å². The monoisotopic (exact) mass is 828 g/mol. The zero-order valence-electron chi connectivity index (χ0n) is 33.5. The number of nitrogens with one attached hydrogen (secondary N) is 3. The van der Waals surface area contributed by atoms with E-state index in [2.05, 4.69) is 55.7 Å². The number of rotatable bonds is 14. The lowest BCUT2D eigenvalue weighted by Gasteiger charge is -2.39. The fourth-order valence-electron chi connectivity index (χ4n) is 7.68. The number of anilines is 2. The highest BCUT2D eigenvalue weighted by atomic mass is 35.5. The number of hydrogen-bond donors (Lipinski definition) is 3. The maximum Gasteiger partial charge on any atom is 0.273 e. The van der Waals surface area contributed by atoms with Crippen molar-refractivity contribution in [3.8, 4) is 11.5 Å². The fourth-order valence-corrected chi connectivity index (χ4v) is 10.2. The van der Waals surface area contributed by atoms with E-state index < -0.39 is 15.9 Å². The van der Waals surface area contributed by atoms with Crippen LogP contribution in [0.4, 0.5) is 10.7 Å². The van der Waals surface area contributed by atoms with Crippen molar-refractivity contribution in [3.05, 3.63) is 106 Å². The first-order chi connectivity index (χ1) is 27.2. The van der Waals surface area contributed by atoms with Crippen molar-refractivity contribution in [2.45, 2.75) is 50.7 Å². The molecule has 0 radical (unpaired) electrons. The Bertz CT molecular complexity index is 2360. The van der Waals surface area contributed by atoms with E-state index in [-0.39, 0.29) is 20.9 Å². The van der Waals surface area contributed by atoms with Crippen LogP contribution >= 0.6 is 22.9 Å². The molecule has 13 heteroatoms. The third-order valence-corrected chi connectivity index (χ3v) is 14.2. The van der Waals surface area contributed by atoms with Gasteiger partial charge in [0.1, 0.15) is 15.7 Å². The number of aromatic nitrogens is 1. The molecule has 5 aromatic rings. The van der Waals surface area contributed by atoms with Crippen LogP contribution in [0.15, 0.2) is 88.8 Å². The number of hydrogen-bond acceptors (Lipinski definition) is 9. The van der Waals surface area contributed by atoms with Crippen molar-refractivity contribution < 1.29 is 17.9 Å². The number of halogens is 1. The summed E-state index contributed by atoms with van der Waals surface area (Å²) in [6, 6.07) is 22.9. The van der Waals surface area contributed by atoms with Gasteiger partial charge in [-0.05, 0) is 130 Å². The Morgan fingerprint density at radius 3 is 2.53 bits per heavy atom. The number of aromatic amines is 1. The predicted molar refractivity (Wildman–Crippen MR) is 235 cm³/mol. The number of benzene rings is 3. The molecule has 0 spiro atoms. The van der Waals surface area contributed by atoms with Gasteiger partial charge in [-0.15, -0.1) is 11.3 Å². The molecule has 0 atom stereocenters. The highest BCUT2D eigenvalue weighted by molar-refractivity contribution is 7.92. The topological polar surface area (TPSA) is 110 Å². The SMILES string of the molecule is Cc1cc(S(=O)(=O)NC(=O)c2ccc(N3CCN(CC4=C(c5ccc(Cl)cc5)CC(C)(C)CC4)CC3)cc2Oc2ccc3[nH]ccc3c2)sc1NCCCN(C)C. The van der Waals surface area contributed by atoms with E-state index in [1.165, 1.54) is 23.1 Å². The molecule has 3 aromatic carbocycles.